The summed E-state index contributed by atoms with van der Waals surface area (Å²) in [6.07, 6.45) is 7.72. The molecule has 8 heteroatoms. The van der Waals surface area contributed by atoms with Crippen molar-refractivity contribution in [2.75, 3.05) is 11.4 Å². The van der Waals surface area contributed by atoms with Crippen LogP contribution in [-0.2, 0) is 28.0 Å². The second-order valence-corrected chi connectivity index (χ2v) is 7.61. The predicted octanol–water partition coefficient (Wildman–Crippen LogP) is 0.762. The highest BCUT2D eigenvalue weighted by molar-refractivity contribution is 7.78. The number of carbonyl (C=O) groups excluding carboxylic acids is 1. The lowest BCUT2D eigenvalue weighted by molar-refractivity contribution is -0.125. The second kappa shape index (κ2) is 5.52. The van der Waals surface area contributed by atoms with Gasteiger partial charge in [0.15, 0.2) is 11.1 Å². The van der Waals surface area contributed by atoms with Crippen molar-refractivity contribution in [1.29, 1.82) is 0 Å². The molecule has 1 aliphatic carbocycles. The number of aryl methyl sites for hydroxylation is 1. The molecular weight excluding hydrogens is 316 g/mol. The van der Waals surface area contributed by atoms with Crippen LogP contribution in [0.5, 0.6) is 0 Å². The Morgan fingerprint density at radius 2 is 2.22 bits per heavy atom. The Bertz CT molecular complexity index is 675. The first kappa shape index (κ1) is 15.0. The van der Waals surface area contributed by atoms with E-state index in [1.807, 2.05) is 0 Å². The van der Waals surface area contributed by atoms with E-state index < -0.39 is 11.1 Å². The van der Waals surface area contributed by atoms with E-state index in [0.29, 0.717) is 12.4 Å². The third-order valence-electron chi connectivity index (χ3n) is 5.31. The fourth-order valence-corrected chi connectivity index (χ4v) is 4.64. The number of hydrogen-bond acceptors (Lipinski definition) is 5. The minimum Gasteiger partial charge on any atom is -0.352 e. The third kappa shape index (κ3) is 2.44. The van der Waals surface area contributed by atoms with Gasteiger partial charge < -0.3 is 14.8 Å². The van der Waals surface area contributed by atoms with Crippen molar-refractivity contribution in [2.45, 2.75) is 55.9 Å². The van der Waals surface area contributed by atoms with Gasteiger partial charge >= 0.3 is 0 Å². The maximum Gasteiger partial charge on any atom is 0.242 e. The number of aromatic nitrogens is 2. The van der Waals surface area contributed by atoms with Crippen molar-refractivity contribution >= 4 is 22.8 Å². The van der Waals surface area contributed by atoms with Gasteiger partial charge in [0.1, 0.15) is 23.4 Å². The molecule has 0 aromatic carbocycles. The second-order valence-electron chi connectivity index (χ2n) is 6.67. The van der Waals surface area contributed by atoms with E-state index in [1.165, 1.54) is 0 Å². The van der Waals surface area contributed by atoms with Crippen LogP contribution >= 0.6 is 0 Å². The van der Waals surface area contributed by atoms with Crippen LogP contribution in [0.25, 0.3) is 0 Å². The molecule has 1 saturated carbocycles. The fourth-order valence-electron chi connectivity index (χ4n) is 4.28. The summed E-state index contributed by atoms with van der Waals surface area (Å²) in [7, 11) is 0. The molecule has 2 N–H and O–H groups in total. The molecule has 2 unspecified atom stereocenters. The summed E-state index contributed by atoms with van der Waals surface area (Å²) in [5.74, 6) is 1.15. The minimum atomic E-state index is -1.97. The first-order valence-corrected chi connectivity index (χ1v) is 9.36. The summed E-state index contributed by atoms with van der Waals surface area (Å²) >= 11 is -1.97. The fraction of sp³-hybridized carbons (Fsp3) is 0.667. The van der Waals surface area contributed by atoms with Gasteiger partial charge in [-0.25, -0.2) is 14.2 Å². The average Bonchev–Trinajstić information content (AvgIpc) is 2.99. The lowest BCUT2D eigenvalue weighted by Crippen LogP contribution is -2.68. The van der Waals surface area contributed by atoms with Gasteiger partial charge in [-0.2, -0.15) is 0 Å². The normalized spacial score (nSPS) is 26.6. The molecular formula is C15H20N4O3S. The van der Waals surface area contributed by atoms with Gasteiger partial charge in [-0.3, -0.25) is 4.79 Å². The lowest BCUT2D eigenvalue weighted by Gasteiger charge is -2.52. The van der Waals surface area contributed by atoms with E-state index in [-0.39, 0.29) is 23.2 Å². The van der Waals surface area contributed by atoms with Crippen molar-refractivity contribution < 1.29 is 13.6 Å². The van der Waals surface area contributed by atoms with Gasteiger partial charge in [0, 0.05) is 18.3 Å². The predicted molar refractivity (Wildman–Crippen MR) is 85.3 cm³/mol. The van der Waals surface area contributed by atoms with E-state index >= 15 is 0 Å². The van der Waals surface area contributed by atoms with Crippen molar-refractivity contribution in [3.63, 3.8) is 0 Å². The Labute approximate surface area is 137 Å². The van der Waals surface area contributed by atoms with E-state index in [4.69, 9.17) is 4.55 Å². The topological polar surface area (TPSA) is 95.4 Å². The van der Waals surface area contributed by atoms with Gasteiger partial charge in [-0.05, 0) is 25.7 Å². The SMILES string of the molecule is O=C1NCC2(CCCC2)N2c3nc(CS(=O)O)ncc3CCC12. The van der Waals surface area contributed by atoms with Crippen LogP contribution in [0.15, 0.2) is 6.20 Å². The summed E-state index contributed by atoms with van der Waals surface area (Å²) < 4.78 is 20.2. The zero-order valence-corrected chi connectivity index (χ0v) is 13.6. The van der Waals surface area contributed by atoms with Crippen LogP contribution in [0.4, 0.5) is 5.82 Å². The molecule has 7 nitrogen and oxygen atoms in total. The third-order valence-corrected chi connectivity index (χ3v) is 5.82. The number of rotatable bonds is 2. The number of carbonyl (C=O) groups is 1. The number of fused-ring (bicyclic) bond motifs is 4. The molecule has 23 heavy (non-hydrogen) atoms. The molecule has 4 rings (SSSR count). The van der Waals surface area contributed by atoms with Crippen molar-refractivity contribution in [2.24, 2.45) is 0 Å². The van der Waals surface area contributed by atoms with E-state index in [0.717, 1.165) is 49.9 Å². The van der Waals surface area contributed by atoms with Crippen LogP contribution in [0.3, 0.4) is 0 Å². The first-order chi connectivity index (χ1) is 11.1. The van der Waals surface area contributed by atoms with E-state index in [9.17, 15) is 9.00 Å². The number of nitrogens with zero attached hydrogens (tertiary/aromatic N) is 3. The lowest BCUT2D eigenvalue weighted by atomic mass is 9.85. The van der Waals surface area contributed by atoms with Crippen LogP contribution in [-0.4, -0.2) is 42.8 Å². The van der Waals surface area contributed by atoms with E-state index in [1.54, 1.807) is 6.20 Å². The highest BCUT2D eigenvalue weighted by Crippen LogP contribution is 2.44. The number of anilines is 1. The summed E-state index contributed by atoms with van der Waals surface area (Å²) in [4.78, 5) is 23.4. The minimum absolute atomic E-state index is 0.0578. The van der Waals surface area contributed by atoms with Crippen LogP contribution in [0, 0.1) is 0 Å². The highest BCUT2D eigenvalue weighted by atomic mass is 32.2. The zero-order valence-electron chi connectivity index (χ0n) is 12.8. The highest BCUT2D eigenvalue weighted by Gasteiger charge is 2.50. The molecule has 1 aromatic rings. The molecule has 2 atom stereocenters. The molecule has 2 fully saturated rings. The number of nitrogens with one attached hydrogen (secondary N) is 1. The average molecular weight is 336 g/mol. The number of amides is 1. The number of hydrogen-bond donors (Lipinski definition) is 2. The van der Waals surface area contributed by atoms with Crippen molar-refractivity contribution in [3.05, 3.63) is 17.6 Å². The Morgan fingerprint density at radius 3 is 2.96 bits per heavy atom. The molecule has 1 amide bonds. The van der Waals surface area contributed by atoms with Gasteiger partial charge in [0.05, 0.1) is 5.54 Å². The van der Waals surface area contributed by atoms with Crippen LogP contribution in [0.2, 0.25) is 0 Å². The Kier molecular flexibility index (Phi) is 3.60. The van der Waals surface area contributed by atoms with Crippen LogP contribution < -0.4 is 10.2 Å². The molecule has 3 heterocycles. The zero-order chi connectivity index (χ0) is 16.0. The first-order valence-electron chi connectivity index (χ1n) is 8.08. The Balaban J connectivity index is 1.79. The summed E-state index contributed by atoms with van der Waals surface area (Å²) in [5.41, 5.74) is 0.979. The molecule has 0 radical (unpaired) electrons. The van der Waals surface area contributed by atoms with Gasteiger partial charge in [-0.15, -0.1) is 0 Å². The van der Waals surface area contributed by atoms with Crippen molar-refractivity contribution in [1.82, 2.24) is 15.3 Å². The van der Waals surface area contributed by atoms with Crippen molar-refractivity contribution in [3.8, 4) is 0 Å². The molecule has 2 aliphatic heterocycles. The Morgan fingerprint density at radius 1 is 1.43 bits per heavy atom. The molecule has 124 valence electrons. The van der Waals surface area contributed by atoms with Gasteiger partial charge in [-0.1, -0.05) is 12.8 Å². The number of piperazine rings is 1. The maximum atomic E-state index is 12.4. The molecule has 1 aromatic heterocycles. The maximum absolute atomic E-state index is 12.4. The standard InChI is InChI=1S/C15H20N4O3S/c20-14-11-4-3-10-7-16-12(8-23(21)22)18-13(10)19(11)15(9-17-14)5-1-2-6-15/h7,11H,1-6,8-9H2,(H,17,20)(H,21,22). The molecule has 0 bridgehead atoms. The van der Waals surface area contributed by atoms with Crippen LogP contribution in [0.1, 0.15) is 43.5 Å². The summed E-state index contributed by atoms with van der Waals surface area (Å²) in [5, 5.41) is 3.08. The van der Waals surface area contributed by atoms with Gasteiger partial charge in [0.2, 0.25) is 5.91 Å². The largest absolute Gasteiger partial charge is 0.352 e. The molecule has 1 saturated heterocycles. The Hall–Kier alpha value is -1.54. The smallest absolute Gasteiger partial charge is 0.242 e. The van der Waals surface area contributed by atoms with Gasteiger partial charge in [0.25, 0.3) is 0 Å². The molecule has 3 aliphatic rings. The molecule has 1 spiro atoms. The summed E-state index contributed by atoms with van der Waals surface area (Å²) in [6, 6.07) is -0.184. The summed E-state index contributed by atoms with van der Waals surface area (Å²) in [6.45, 7) is 0.660. The monoisotopic (exact) mass is 336 g/mol. The van der Waals surface area contributed by atoms with E-state index in [2.05, 4.69) is 20.2 Å². The quantitative estimate of drug-likeness (QED) is 0.774.